The van der Waals surface area contributed by atoms with Gasteiger partial charge in [-0.3, -0.25) is 4.79 Å². The first-order valence-electron chi connectivity index (χ1n) is 8.72. The van der Waals surface area contributed by atoms with Gasteiger partial charge in [0.25, 0.3) is 5.91 Å². The Morgan fingerprint density at radius 1 is 1.38 bits per heavy atom. The Hall–Kier alpha value is -1.26. The number of rotatable bonds is 6. The highest BCUT2D eigenvalue weighted by Gasteiger charge is 2.22. The zero-order chi connectivity index (χ0) is 17.6. The predicted molar refractivity (Wildman–Crippen MR) is 98.6 cm³/mol. The standard InChI is InChI=1S/C19H29ClN2O2/c1-19(2,3)10-12-22-11-6-7-15(13-22)21-18(23)14-24-17-9-5-4-8-16(17)20/h4-5,8-9,15H,6-7,10-14H2,1-3H3,(H,21,23)/t15-/m1/s1. The number of piperidine rings is 1. The molecule has 5 heteroatoms. The summed E-state index contributed by atoms with van der Waals surface area (Å²) in [6.45, 7) is 9.94. The van der Waals surface area contributed by atoms with Crippen LogP contribution in [0.2, 0.25) is 5.02 Å². The molecule has 1 fully saturated rings. The monoisotopic (exact) mass is 352 g/mol. The number of ether oxygens (including phenoxy) is 1. The summed E-state index contributed by atoms with van der Waals surface area (Å²) in [7, 11) is 0. The van der Waals surface area contributed by atoms with Crippen molar-refractivity contribution in [3.05, 3.63) is 29.3 Å². The van der Waals surface area contributed by atoms with Gasteiger partial charge in [0.1, 0.15) is 5.75 Å². The van der Waals surface area contributed by atoms with Crippen LogP contribution in [-0.2, 0) is 4.79 Å². The molecule has 1 N–H and O–H groups in total. The van der Waals surface area contributed by atoms with Crippen molar-refractivity contribution in [3.63, 3.8) is 0 Å². The van der Waals surface area contributed by atoms with Gasteiger partial charge in [-0.05, 0) is 49.9 Å². The molecule has 1 aromatic carbocycles. The first-order chi connectivity index (χ1) is 11.3. The van der Waals surface area contributed by atoms with Crippen LogP contribution in [0.15, 0.2) is 24.3 Å². The zero-order valence-electron chi connectivity index (χ0n) is 15.0. The Morgan fingerprint density at radius 2 is 2.12 bits per heavy atom. The van der Waals surface area contributed by atoms with Crippen LogP contribution >= 0.6 is 11.6 Å². The zero-order valence-corrected chi connectivity index (χ0v) is 15.7. The minimum absolute atomic E-state index is 0.00221. The minimum atomic E-state index is -0.0856. The molecule has 134 valence electrons. The van der Waals surface area contributed by atoms with Crippen molar-refractivity contribution in [1.29, 1.82) is 0 Å². The number of hydrogen-bond acceptors (Lipinski definition) is 3. The van der Waals surface area contributed by atoms with Crippen LogP contribution in [0.4, 0.5) is 0 Å². The highest BCUT2D eigenvalue weighted by Crippen LogP contribution is 2.23. The van der Waals surface area contributed by atoms with E-state index < -0.39 is 0 Å². The average Bonchev–Trinajstić information content (AvgIpc) is 2.52. The minimum Gasteiger partial charge on any atom is -0.482 e. The average molecular weight is 353 g/mol. The van der Waals surface area contributed by atoms with Gasteiger partial charge >= 0.3 is 0 Å². The molecule has 1 amide bonds. The second kappa shape index (κ2) is 8.72. The summed E-state index contributed by atoms with van der Waals surface area (Å²) in [5.74, 6) is 0.461. The van der Waals surface area contributed by atoms with E-state index in [2.05, 4.69) is 31.0 Å². The molecule has 0 radical (unpaired) electrons. The third-order valence-electron chi connectivity index (χ3n) is 4.24. The molecular formula is C19H29ClN2O2. The number of likely N-dealkylation sites (tertiary alicyclic amines) is 1. The summed E-state index contributed by atoms with van der Waals surface area (Å²) in [4.78, 5) is 14.6. The van der Waals surface area contributed by atoms with Gasteiger partial charge in [0, 0.05) is 12.6 Å². The van der Waals surface area contributed by atoms with E-state index in [4.69, 9.17) is 16.3 Å². The molecular weight excluding hydrogens is 324 g/mol. The molecule has 0 aliphatic carbocycles. The molecule has 1 aromatic rings. The van der Waals surface area contributed by atoms with Crippen molar-refractivity contribution >= 4 is 17.5 Å². The van der Waals surface area contributed by atoms with E-state index in [1.54, 1.807) is 12.1 Å². The molecule has 1 atom stereocenters. The predicted octanol–water partition coefficient (Wildman–Crippen LogP) is 3.74. The van der Waals surface area contributed by atoms with Crippen molar-refractivity contribution in [2.45, 2.75) is 46.1 Å². The fourth-order valence-corrected chi connectivity index (χ4v) is 3.03. The molecule has 0 aromatic heterocycles. The summed E-state index contributed by atoms with van der Waals surface area (Å²) in [5.41, 5.74) is 0.346. The van der Waals surface area contributed by atoms with E-state index in [1.807, 2.05) is 12.1 Å². The quantitative estimate of drug-likeness (QED) is 0.848. The summed E-state index contributed by atoms with van der Waals surface area (Å²) in [6.07, 6.45) is 3.33. The fourth-order valence-electron chi connectivity index (χ4n) is 2.84. The number of nitrogens with zero attached hydrogens (tertiary/aromatic N) is 1. The first kappa shape index (κ1) is 19.1. The first-order valence-corrected chi connectivity index (χ1v) is 9.10. The largest absolute Gasteiger partial charge is 0.482 e. The van der Waals surface area contributed by atoms with Gasteiger partial charge in [-0.25, -0.2) is 0 Å². The Morgan fingerprint density at radius 3 is 2.83 bits per heavy atom. The maximum Gasteiger partial charge on any atom is 0.258 e. The summed E-state index contributed by atoms with van der Waals surface area (Å²) in [6, 6.07) is 7.41. The van der Waals surface area contributed by atoms with E-state index in [0.29, 0.717) is 16.2 Å². The molecule has 1 aliphatic rings. The maximum absolute atomic E-state index is 12.1. The van der Waals surface area contributed by atoms with Crippen LogP contribution < -0.4 is 10.1 Å². The lowest BCUT2D eigenvalue weighted by Crippen LogP contribution is -2.49. The van der Waals surface area contributed by atoms with Crippen molar-refractivity contribution in [1.82, 2.24) is 10.2 Å². The van der Waals surface area contributed by atoms with Gasteiger partial charge in [-0.2, -0.15) is 0 Å². The highest BCUT2D eigenvalue weighted by atomic mass is 35.5. The van der Waals surface area contributed by atoms with Gasteiger partial charge in [-0.15, -0.1) is 0 Å². The van der Waals surface area contributed by atoms with Crippen LogP contribution in [0, 0.1) is 5.41 Å². The second-order valence-electron chi connectivity index (χ2n) is 7.74. The molecule has 0 saturated carbocycles. The maximum atomic E-state index is 12.1. The number of benzene rings is 1. The highest BCUT2D eigenvalue weighted by molar-refractivity contribution is 6.32. The third-order valence-corrected chi connectivity index (χ3v) is 4.56. The van der Waals surface area contributed by atoms with Gasteiger partial charge in [0.2, 0.25) is 0 Å². The van der Waals surface area contributed by atoms with E-state index in [0.717, 1.165) is 32.5 Å². The number of para-hydroxylation sites is 1. The number of carbonyl (C=O) groups excluding carboxylic acids is 1. The van der Waals surface area contributed by atoms with Crippen molar-refractivity contribution in [3.8, 4) is 5.75 Å². The topological polar surface area (TPSA) is 41.6 Å². The Bertz CT molecular complexity index is 542. The number of hydrogen-bond donors (Lipinski definition) is 1. The molecule has 1 aliphatic heterocycles. The molecule has 4 nitrogen and oxygen atoms in total. The van der Waals surface area contributed by atoms with Crippen molar-refractivity contribution < 1.29 is 9.53 Å². The lowest BCUT2D eigenvalue weighted by atomic mass is 9.91. The Balaban J connectivity index is 1.74. The lowest BCUT2D eigenvalue weighted by molar-refractivity contribution is -0.124. The number of halogens is 1. The van der Waals surface area contributed by atoms with E-state index in [-0.39, 0.29) is 18.6 Å². The molecule has 0 bridgehead atoms. The molecule has 24 heavy (non-hydrogen) atoms. The van der Waals surface area contributed by atoms with Crippen molar-refractivity contribution in [2.75, 3.05) is 26.2 Å². The second-order valence-corrected chi connectivity index (χ2v) is 8.14. The normalized spacial score (nSPS) is 19.1. The number of nitrogens with one attached hydrogen (secondary N) is 1. The van der Waals surface area contributed by atoms with Gasteiger partial charge < -0.3 is 15.0 Å². The number of carbonyl (C=O) groups is 1. The van der Waals surface area contributed by atoms with Gasteiger partial charge in [-0.1, -0.05) is 44.5 Å². The van der Waals surface area contributed by atoms with E-state index in [9.17, 15) is 4.79 Å². The van der Waals surface area contributed by atoms with E-state index >= 15 is 0 Å². The lowest BCUT2D eigenvalue weighted by Gasteiger charge is -2.34. The van der Waals surface area contributed by atoms with Gasteiger partial charge in [0.05, 0.1) is 5.02 Å². The molecule has 2 rings (SSSR count). The van der Waals surface area contributed by atoms with Gasteiger partial charge in [0.15, 0.2) is 6.61 Å². The van der Waals surface area contributed by atoms with Crippen molar-refractivity contribution in [2.24, 2.45) is 5.41 Å². The SMILES string of the molecule is CC(C)(C)CCN1CCC[C@@H](NC(=O)COc2ccccc2Cl)C1. The van der Waals surface area contributed by atoms with Crippen LogP contribution in [0.5, 0.6) is 5.75 Å². The molecule has 0 spiro atoms. The van der Waals surface area contributed by atoms with Crippen LogP contribution in [0.25, 0.3) is 0 Å². The van der Waals surface area contributed by atoms with Crippen LogP contribution in [0.1, 0.15) is 40.0 Å². The smallest absolute Gasteiger partial charge is 0.258 e. The molecule has 0 unspecified atom stereocenters. The molecule has 1 heterocycles. The van der Waals surface area contributed by atoms with E-state index in [1.165, 1.54) is 6.42 Å². The summed E-state index contributed by atoms with van der Waals surface area (Å²) >= 11 is 6.03. The Kier molecular flexibility index (Phi) is 6.93. The Labute approximate surface area is 150 Å². The van der Waals surface area contributed by atoms with Crippen LogP contribution in [-0.4, -0.2) is 43.1 Å². The summed E-state index contributed by atoms with van der Waals surface area (Å²) in [5, 5.41) is 3.61. The fraction of sp³-hybridized carbons (Fsp3) is 0.632. The molecule has 1 saturated heterocycles. The number of amides is 1. The third kappa shape index (κ3) is 6.70. The summed E-state index contributed by atoms with van der Waals surface area (Å²) < 4.78 is 5.50. The van der Waals surface area contributed by atoms with Crippen LogP contribution in [0.3, 0.4) is 0 Å².